The van der Waals surface area contributed by atoms with Gasteiger partial charge < -0.3 is 19.8 Å². The highest BCUT2D eigenvalue weighted by atomic mass is 19.1. The van der Waals surface area contributed by atoms with Crippen molar-refractivity contribution in [1.29, 1.82) is 0 Å². The number of hydrogen-bond donors (Lipinski definition) is 1. The van der Waals surface area contributed by atoms with Gasteiger partial charge in [-0.05, 0) is 18.2 Å². The number of hydrogen-bond acceptors (Lipinski definition) is 6. The molecule has 1 N–H and O–H groups in total. The van der Waals surface area contributed by atoms with E-state index in [4.69, 9.17) is 4.74 Å². The molecule has 25 heavy (non-hydrogen) atoms. The van der Waals surface area contributed by atoms with E-state index in [-0.39, 0.29) is 19.0 Å². The topological polar surface area (TPSA) is 83.5 Å². The number of nitrogens with one attached hydrogen (secondary N) is 1. The molecule has 3 rings (SSSR count). The summed E-state index contributed by atoms with van der Waals surface area (Å²) in [6, 6.07) is 4.61. The van der Waals surface area contributed by atoms with Crippen LogP contribution >= 0.6 is 0 Å². The second kappa shape index (κ2) is 6.96. The zero-order valence-electron chi connectivity index (χ0n) is 14.0. The molecule has 2 amide bonds. The lowest BCUT2D eigenvalue weighted by Gasteiger charge is -2.34. The van der Waals surface area contributed by atoms with Gasteiger partial charge in [0.1, 0.15) is 19.0 Å². The molecule has 8 nitrogen and oxygen atoms in total. The number of halogens is 1. The monoisotopic (exact) mass is 350 g/mol. The van der Waals surface area contributed by atoms with Crippen LogP contribution in [0.15, 0.2) is 23.4 Å². The first-order valence-corrected chi connectivity index (χ1v) is 7.84. The molecule has 1 unspecified atom stereocenters. The molecule has 2 fully saturated rings. The Kier molecular flexibility index (Phi) is 4.73. The molecule has 2 aliphatic heterocycles. The lowest BCUT2D eigenvalue weighted by Crippen LogP contribution is -2.48. The van der Waals surface area contributed by atoms with Crippen LogP contribution in [0.3, 0.4) is 0 Å². The summed E-state index contributed by atoms with van der Waals surface area (Å²) in [5.41, 5.74) is 1.71. The smallest absolute Gasteiger partial charge is 0.414 e. The third kappa shape index (κ3) is 3.65. The second-order valence-electron chi connectivity index (χ2n) is 5.89. The molecule has 0 saturated carbocycles. The average Bonchev–Trinajstić information content (AvgIpc) is 2.90. The van der Waals surface area contributed by atoms with Gasteiger partial charge in [0.15, 0.2) is 0 Å². The van der Waals surface area contributed by atoms with Crippen LogP contribution in [-0.4, -0.2) is 57.1 Å². The molecule has 134 valence electrons. The molecule has 1 aromatic carbocycles. The predicted molar refractivity (Wildman–Crippen MR) is 89.4 cm³/mol. The highest BCUT2D eigenvalue weighted by Gasteiger charge is 2.33. The molecule has 2 aliphatic rings. The van der Waals surface area contributed by atoms with Crippen molar-refractivity contribution in [2.24, 2.45) is 5.16 Å². The number of oxime groups is 1. The zero-order chi connectivity index (χ0) is 18.0. The molecule has 1 atom stereocenters. The SMILES string of the molecule is CON=C1CN(c2ccc(N3CC(CNC(C)=O)OC3=O)cc2F)C1. The van der Waals surface area contributed by atoms with Gasteiger partial charge in [0.05, 0.1) is 43.3 Å². The van der Waals surface area contributed by atoms with E-state index in [1.807, 2.05) is 4.90 Å². The fourth-order valence-electron chi connectivity index (χ4n) is 2.77. The van der Waals surface area contributed by atoms with Crippen LogP contribution in [0.5, 0.6) is 0 Å². The maximum atomic E-state index is 14.4. The number of anilines is 2. The Hall–Kier alpha value is -2.84. The summed E-state index contributed by atoms with van der Waals surface area (Å²) in [5, 5.41) is 6.42. The number of nitrogens with zero attached hydrogens (tertiary/aromatic N) is 3. The Morgan fingerprint density at radius 1 is 1.48 bits per heavy atom. The number of carbonyl (C=O) groups excluding carboxylic acids is 2. The summed E-state index contributed by atoms with van der Waals surface area (Å²) >= 11 is 0. The van der Waals surface area contributed by atoms with E-state index in [0.29, 0.717) is 24.5 Å². The molecule has 0 bridgehead atoms. The van der Waals surface area contributed by atoms with Crippen molar-refractivity contribution in [3.63, 3.8) is 0 Å². The summed E-state index contributed by atoms with van der Waals surface area (Å²) in [5.74, 6) is -0.622. The van der Waals surface area contributed by atoms with E-state index < -0.39 is 18.0 Å². The fourth-order valence-corrected chi connectivity index (χ4v) is 2.77. The molecule has 9 heteroatoms. The minimum Gasteiger partial charge on any atom is -0.442 e. The first-order valence-electron chi connectivity index (χ1n) is 7.84. The molecule has 0 radical (unpaired) electrons. The summed E-state index contributed by atoms with van der Waals surface area (Å²) in [7, 11) is 1.47. The highest BCUT2D eigenvalue weighted by Crippen LogP contribution is 2.29. The lowest BCUT2D eigenvalue weighted by molar-refractivity contribution is -0.119. The van der Waals surface area contributed by atoms with Gasteiger partial charge in [-0.3, -0.25) is 9.69 Å². The van der Waals surface area contributed by atoms with E-state index in [9.17, 15) is 14.0 Å². The first kappa shape index (κ1) is 17.0. The standard InChI is InChI=1S/C16H19FN4O4/c1-10(22)18-6-13-9-21(16(23)25-13)12-3-4-15(14(17)5-12)20-7-11(8-20)19-24-2/h3-5,13H,6-9H2,1-2H3,(H,18,22). The second-order valence-corrected chi connectivity index (χ2v) is 5.89. The van der Waals surface area contributed by atoms with Crippen LogP contribution in [0.4, 0.5) is 20.6 Å². The normalized spacial score (nSPS) is 19.4. The van der Waals surface area contributed by atoms with E-state index in [1.165, 1.54) is 25.0 Å². The Morgan fingerprint density at radius 2 is 2.24 bits per heavy atom. The van der Waals surface area contributed by atoms with Gasteiger partial charge in [0.2, 0.25) is 5.91 Å². The van der Waals surface area contributed by atoms with Crippen LogP contribution in [0.1, 0.15) is 6.92 Å². The predicted octanol–water partition coefficient (Wildman–Crippen LogP) is 1.11. The first-order chi connectivity index (χ1) is 12.0. The van der Waals surface area contributed by atoms with Gasteiger partial charge in [-0.2, -0.15) is 0 Å². The molecule has 0 aromatic heterocycles. The number of ether oxygens (including phenoxy) is 1. The van der Waals surface area contributed by atoms with Crippen LogP contribution in [0.2, 0.25) is 0 Å². The molecule has 2 saturated heterocycles. The largest absolute Gasteiger partial charge is 0.442 e. The maximum Gasteiger partial charge on any atom is 0.414 e. The van der Waals surface area contributed by atoms with Crippen molar-refractivity contribution in [1.82, 2.24) is 5.32 Å². The van der Waals surface area contributed by atoms with Crippen molar-refractivity contribution < 1.29 is 23.6 Å². The minimum atomic E-state index is -0.555. The van der Waals surface area contributed by atoms with Crippen LogP contribution in [0, 0.1) is 5.82 Å². The number of amides is 2. The summed E-state index contributed by atoms with van der Waals surface area (Å²) in [4.78, 5) is 30.8. The number of benzene rings is 1. The Bertz CT molecular complexity index is 716. The minimum absolute atomic E-state index is 0.198. The molecular weight excluding hydrogens is 331 g/mol. The fraction of sp³-hybridized carbons (Fsp3) is 0.438. The highest BCUT2D eigenvalue weighted by molar-refractivity contribution is 5.99. The van der Waals surface area contributed by atoms with Gasteiger partial charge in [-0.15, -0.1) is 0 Å². The molecule has 1 aromatic rings. The van der Waals surface area contributed by atoms with Gasteiger partial charge in [-0.1, -0.05) is 5.16 Å². The molecule has 0 aliphatic carbocycles. The van der Waals surface area contributed by atoms with E-state index >= 15 is 0 Å². The van der Waals surface area contributed by atoms with Gasteiger partial charge in [-0.25, -0.2) is 9.18 Å². The maximum absolute atomic E-state index is 14.4. The van der Waals surface area contributed by atoms with E-state index in [2.05, 4.69) is 15.3 Å². The number of cyclic esters (lactones) is 1. The van der Waals surface area contributed by atoms with Crippen molar-refractivity contribution in [3.05, 3.63) is 24.0 Å². The van der Waals surface area contributed by atoms with Crippen molar-refractivity contribution in [3.8, 4) is 0 Å². The number of rotatable bonds is 5. The van der Waals surface area contributed by atoms with Gasteiger partial charge in [0.25, 0.3) is 0 Å². The van der Waals surface area contributed by atoms with Crippen LogP contribution < -0.4 is 15.1 Å². The lowest BCUT2D eigenvalue weighted by atomic mass is 10.1. The van der Waals surface area contributed by atoms with E-state index in [1.54, 1.807) is 12.1 Å². The molecule has 2 heterocycles. The number of carbonyl (C=O) groups is 2. The molecular formula is C16H19FN4O4. The van der Waals surface area contributed by atoms with Crippen molar-refractivity contribution >= 4 is 29.1 Å². The quantitative estimate of drug-likeness (QED) is 0.805. The zero-order valence-corrected chi connectivity index (χ0v) is 14.0. The van der Waals surface area contributed by atoms with Gasteiger partial charge >= 0.3 is 6.09 Å². The van der Waals surface area contributed by atoms with Crippen LogP contribution in [-0.2, 0) is 14.4 Å². The van der Waals surface area contributed by atoms with Crippen LogP contribution in [0.25, 0.3) is 0 Å². The Balaban J connectivity index is 1.66. The Morgan fingerprint density at radius 3 is 2.88 bits per heavy atom. The summed E-state index contributed by atoms with van der Waals surface area (Å²) in [6.07, 6.45) is -1.01. The third-order valence-electron chi connectivity index (χ3n) is 4.00. The van der Waals surface area contributed by atoms with Gasteiger partial charge in [0, 0.05) is 6.92 Å². The Labute approximate surface area is 144 Å². The summed E-state index contributed by atoms with van der Waals surface area (Å²) in [6.45, 7) is 2.89. The van der Waals surface area contributed by atoms with Crippen molar-refractivity contribution in [2.75, 3.05) is 43.1 Å². The van der Waals surface area contributed by atoms with Crippen molar-refractivity contribution in [2.45, 2.75) is 13.0 Å². The summed E-state index contributed by atoms with van der Waals surface area (Å²) < 4.78 is 19.6. The third-order valence-corrected chi connectivity index (χ3v) is 4.00. The van der Waals surface area contributed by atoms with E-state index in [0.717, 1.165) is 5.71 Å². The average molecular weight is 350 g/mol. The molecule has 0 spiro atoms.